The SMILES string of the molecule is COC1(OC)C=CC(=O)[C@H]([C@H]2C(=O)C=CC(OC)(OC)[C@@H]2C)[C@H]1C. The molecule has 0 aromatic carbocycles. The monoisotopic (exact) mass is 338 g/mol. The van der Waals surface area contributed by atoms with Crippen LogP contribution >= 0.6 is 0 Å². The van der Waals surface area contributed by atoms with Crippen LogP contribution in [0.4, 0.5) is 0 Å². The molecule has 6 nitrogen and oxygen atoms in total. The van der Waals surface area contributed by atoms with Crippen molar-refractivity contribution < 1.29 is 28.5 Å². The number of ketones is 2. The highest BCUT2D eigenvalue weighted by atomic mass is 16.7. The van der Waals surface area contributed by atoms with Crippen LogP contribution in [0, 0.1) is 23.7 Å². The molecule has 24 heavy (non-hydrogen) atoms. The Morgan fingerprint density at radius 3 is 1.25 bits per heavy atom. The molecule has 0 saturated heterocycles. The molecule has 0 radical (unpaired) electrons. The number of allylic oxidation sites excluding steroid dienone is 2. The molecule has 4 atom stereocenters. The quantitative estimate of drug-likeness (QED) is 0.711. The standard InChI is InChI=1S/C18H26O6/c1-11-15(13(19)7-9-17(11,21-3)22-4)16-12(2)18(23-5,24-6)10-8-14(16)20/h7-12,15-16H,1-6H3/t11-,12-,15-,16-/m1/s1. The summed E-state index contributed by atoms with van der Waals surface area (Å²) < 4.78 is 22.1. The summed E-state index contributed by atoms with van der Waals surface area (Å²) in [7, 11) is 6.10. The minimum absolute atomic E-state index is 0.117. The average Bonchev–Trinajstić information content (AvgIpc) is 2.59. The first kappa shape index (κ1) is 19.0. The molecular formula is C18H26O6. The smallest absolute Gasteiger partial charge is 0.190 e. The van der Waals surface area contributed by atoms with E-state index < -0.39 is 23.4 Å². The van der Waals surface area contributed by atoms with Crippen LogP contribution in [0.5, 0.6) is 0 Å². The molecular weight excluding hydrogens is 312 g/mol. The van der Waals surface area contributed by atoms with E-state index in [1.807, 2.05) is 13.8 Å². The van der Waals surface area contributed by atoms with Crippen molar-refractivity contribution in [3.05, 3.63) is 24.3 Å². The van der Waals surface area contributed by atoms with Gasteiger partial charge in [0.2, 0.25) is 0 Å². The first-order valence-electron chi connectivity index (χ1n) is 7.99. The van der Waals surface area contributed by atoms with Crippen molar-refractivity contribution in [3.8, 4) is 0 Å². The maximum atomic E-state index is 12.6. The van der Waals surface area contributed by atoms with Crippen molar-refractivity contribution in [2.45, 2.75) is 25.4 Å². The maximum Gasteiger partial charge on any atom is 0.190 e. The average molecular weight is 338 g/mol. The molecule has 0 N–H and O–H groups in total. The molecule has 134 valence electrons. The van der Waals surface area contributed by atoms with Crippen LogP contribution in [-0.4, -0.2) is 51.6 Å². The number of carbonyl (C=O) groups excluding carboxylic acids is 2. The van der Waals surface area contributed by atoms with E-state index in [-0.39, 0.29) is 23.4 Å². The van der Waals surface area contributed by atoms with Crippen molar-refractivity contribution in [2.75, 3.05) is 28.4 Å². The van der Waals surface area contributed by atoms with Crippen molar-refractivity contribution in [2.24, 2.45) is 23.7 Å². The van der Waals surface area contributed by atoms with Crippen LogP contribution in [0.25, 0.3) is 0 Å². The van der Waals surface area contributed by atoms with Gasteiger partial charge < -0.3 is 18.9 Å². The molecule has 0 spiro atoms. The normalized spacial score (nSPS) is 34.6. The first-order chi connectivity index (χ1) is 11.3. The van der Waals surface area contributed by atoms with E-state index in [0.29, 0.717) is 0 Å². The van der Waals surface area contributed by atoms with E-state index in [2.05, 4.69) is 0 Å². The minimum atomic E-state index is -1.04. The zero-order valence-corrected chi connectivity index (χ0v) is 15.1. The third-order valence-corrected chi connectivity index (χ3v) is 5.63. The first-order valence-corrected chi connectivity index (χ1v) is 7.99. The van der Waals surface area contributed by atoms with Crippen LogP contribution in [0.2, 0.25) is 0 Å². The second-order valence-electron chi connectivity index (χ2n) is 6.36. The third-order valence-electron chi connectivity index (χ3n) is 5.63. The van der Waals surface area contributed by atoms with Gasteiger partial charge >= 0.3 is 0 Å². The predicted molar refractivity (Wildman–Crippen MR) is 87.1 cm³/mol. The van der Waals surface area contributed by atoms with Crippen LogP contribution in [0.3, 0.4) is 0 Å². The molecule has 0 unspecified atom stereocenters. The second kappa shape index (κ2) is 6.88. The maximum absolute atomic E-state index is 12.6. The lowest BCUT2D eigenvalue weighted by Gasteiger charge is -2.47. The molecule has 0 amide bonds. The van der Waals surface area contributed by atoms with Crippen molar-refractivity contribution in [3.63, 3.8) is 0 Å². The summed E-state index contributed by atoms with van der Waals surface area (Å²) in [5.41, 5.74) is 0. The Labute approximate surface area is 142 Å². The Bertz CT molecular complexity index is 506. The third kappa shape index (κ3) is 2.67. The number of rotatable bonds is 5. The molecule has 6 heteroatoms. The van der Waals surface area contributed by atoms with E-state index in [0.717, 1.165) is 0 Å². The number of hydrogen-bond donors (Lipinski definition) is 0. The molecule has 2 aliphatic carbocycles. The molecule has 0 saturated carbocycles. The fourth-order valence-electron chi connectivity index (χ4n) is 4.07. The Balaban J connectivity index is 2.49. The fraction of sp³-hybridized carbons (Fsp3) is 0.667. The van der Waals surface area contributed by atoms with Gasteiger partial charge in [-0.25, -0.2) is 0 Å². The van der Waals surface area contributed by atoms with Gasteiger partial charge in [0.05, 0.1) is 0 Å². The van der Waals surface area contributed by atoms with E-state index in [1.54, 1.807) is 12.2 Å². The van der Waals surface area contributed by atoms with Crippen molar-refractivity contribution >= 4 is 11.6 Å². The van der Waals surface area contributed by atoms with Gasteiger partial charge in [-0.05, 0) is 24.3 Å². The number of carbonyl (C=O) groups is 2. The summed E-state index contributed by atoms with van der Waals surface area (Å²) in [5.74, 6) is -4.19. The highest BCUT2D eigenvalue weighted by molar-refractivity contribution is 6.01. The lowest BCUT2D eigenvalue weighted by Crippen LogP contribution is -2.56. The Morgan fingerprint density at radius 2 is 1.00 bits per heavy atom. The van der Waals surface area contributed by atoms with Crippen molar-refractivity contribution in [1.82, 2.24) is 0 Å². The molecule has 0 aromatic heterocycles. The van der Waals surface area contributed by atoms with Crippen LogP contribution in [0.1, 0.15) is 13.8 Å². The van der Waals surface area contributed by atoms with Crippen molar-refractivity contribution in [1.29, 1.82) is 0 Å². The topological polar surface area (TPSA) is 71.1 Å². The van der Waals surface area contributed by atoms with Gasteiger partial charge in [-0.2, -0.15) is 0 Å². The van der Waals surface area contributed by atoms with Gasteiger partial charge in [0.15, 0.2) is 23.1 Å². The van der Waals surface area contributed by atoms with Gasteiger partial charge in [-0.15, -0.1) is 0 Å². The van der Waals surface area contributed by atoms with Crippen LogP contribution < -0.4 is 0 Å². The highest BCUT2D eigenvalue weighted by Gasteiger charge is 2.55. The summed E-state index contributed by atoms with van der Waals surface area (Å²) in [6, 6.07) is 0. The van der Waals surface area contributed by atoms with Gasteiger partial charge in [0.25, 0.3) is 0 Å². The zero-order valence-electron chi connectivity index (χ0n) is 15.1. The van der Waals surface area contributed by atoms with Crippen LogP contribution in [0.15, 0.2) is 24.3 Å². The lowest BCUT2D eigenvalue weighted by molar-refractivity contribution is -0.236. The summed E-state index contributed by atoms with van der Waals surface area (Å²) in [5, 5.41) is 0. The molecule has 2 rings (SSSR count). The zero-order chi connectivity index (χ0) is 18.1. The number of ether oxygens (including phenoxy) is 4. The van der Waals surface area contributed by atoms with E-state index in [4.69, 9.17) is 18.9 Å². The number of methoxy groups -OCH3 is 4. The fourth-order valence-corrected chi connectivity index (χ4v) is 4.07. The molecule has 0 bridgehead atoms. The van der Waals surface area contributed by atoms with Gasteiger partial charge in [-0.1, -0.05) is 13.8 Å². The number of hydrogen-bond acceptors (Lipinski definition) is 6. The summed E-state index contributed by atoms with van der Waals surface area (Å²) in [4.78, 5) is 25.3. The highest BCUT2D eigenvalue weighted by Crippen LogP contribution is 2.46. The summed E-state index contributed by atoms with van der Waals surface area (Å²) >= 11 is 0. The van der Waals surface area contributed by atoms with E-state index >= 15 is 0 Å². The second-order valence-corrected chi connectivity index (χ2v) is 6.36. The van der Waals surface area contributed by atoms with Gasteiger partial charge in [-0.3, -0.25) is 9.59 Å². The molecule has 0 aliphatic heterocycles. The Kier molecular flexibility index (Phi) is 5.44. The molecule has 0 heterocycles. The van der Waals surface area contributed by atoms with Crippen LogP contribution in [-0.2, 0) is 28.5 Å². The minimum Gasteiger partial charge on any atom is -0.349 e. The molecule has 2 aliphatic rings. The lowest BCUT2D eigenvalue weighted by atomic mass is 9.63. The Morgan fingerprint density at radius 1 is 0.708 bits per heavy atom. The predicted octanol–water partition coefficient (Wildman–Crippen LogP) is 1.75. The largest absolute Gasteiger partial charge is 0.349 e. The molecule has 0 fully saturated rings. The van der Waals surface area contributed by atoms with E-state index in [9.17, 15) is 9.59 Å². The molecule has 0 aromatic rings. The van der Waals surface area contributed by atoms with Gasteiger partial charge in [0, 0.05) is 52.1 Å². The summed E-state index contributed by atoms with van der Waals surface area (Å²) in [6.45, 7) is 3.72. The van der Waals surface area contributed by atoms with E-state index in [1.165, 1.54) is 40.6 Å². The summed E-state index contributed by atoms with van der Waals surface area (Å²) in [6.07, 6.45) is 6.11. The van der Waals surface area contributed by atoms with Gasteiger partial charge in [0.1, 0.15) is 0 Å². The Hall–Kier alpha value is -1.34.